The first kappa shape index (κ1) is 12.7. The Kier molecular flexibility index (Phi) is 5.56. The van der Waals surface area contributed by atoms with Gasteiger partial charge in [0.25, 0.3) is 0 Å². The molecule has 5 heteroatoms. The fourth-order valence-electron chi connectivity index (χ4n) is 1.31. The molecule has 16 heavy (non-hydrogen) atoms. The normalized spacial score (nSPS) is 10.2. The van der Waals surface area contributed by atoms with Crippen molar-refractivity contribution in [3.05, 3.63) is 11.9 Å². The first-order chi connectivity index (χ1) is 7.76. The Morgan fingerprint density at radius 2 is 2.19 bits per heavy atom. The Labute approximate surface area is 95.9 Å². The van der Waals surface area contributed by atoms with Gasteiger partial charge < -0.3 is 15.2 Å². The maximum Gasteiger partial charge on any atom is 0.218 e. The number of anilines is 1. The number of nitrogens with zero attached hydrogens (tertiary/aromatic N) is 2. The van der Waals surface area contributed by atoms with Crippen molar-refractivity contribution in [3.8, 4) is 5.88 Å². The van der Waals surface area contributed by atoms with Gasteiger partial charge in [-0.15, -0.1) is 0 Å². The number of unbranched alkanes of at least 4 members (excludes halogenated alkanes) is 1. The molecule has 2 N–H and O–H groups in total. The van der Waals surface area contributed by atoms with E-state index in [2.05, 4.69) is 15.3 Å². The first-order valence-electron chi connectivity index (χ1n) is 5.59. The maximum absolute atomic E-state index is 8.65. The number of aliphatic hydroxyl groups excluding tert-OH is 1. The number of aromatic nitrogens is 2. The minimum absolute atomic E-state index is 0.231. The van der Waals surface area contributed by atoms with Gasteiger partial charge in [-0.1, -0.05) is 0 Å². The highest BCUT2D eigenvalue weighted by molar-refractivity contribution is 5.38. The van der Waals surface area contributed by atoms with E-state index in [0.29, 0.717) is 18.3 Å². The summed E-state index contributed by atoms with van der Waals surface area (Å²) in [5.74, 6) is 2.06. The molecular formula is C11H19N3O2. The van der Waals surface area contributed by atoms with Crippen LogP contribution in [0, 0.1) is 6.92 Å². The smallest absolute Gasteiger partial charge is 0.218 e. The number of nitrogens with one attached hydrogen (secondary N) is 1. The van der Waals surface area contributed by atoms with Crippen LogP contribution in [0.25, 0.3) is 0 Å². The SMILES string of the molecule is CCOc1cc(NCCCCO)nc(C)n1. The molecule has 0 atom stereocenters. The van der Waals surface area contributed by atoms with Crippen LogP contribution in [0.2, 0.25) is 0 Å². The van der Waals surface area contributed by atoms with Gasteiger partial charge in [0.2, 0.25) is 5.88 Å². The van der Waals surface area contributed by atoms with Crippen LogP contribution in [-0.4, -0.2) is 34.8 Å². The van der Waals surface area contributed by atoms with Crippen LogP contribution in [0.1, 0.15) is 25.6 Å². The van der Waals surface area contributed by atoms with Crippen LogP contribution in [0.15, 0.2) is 6.07 Å². The summed E-state index contributed by atoms with van der Waals surface area (Å²) in [5, 5.41) is 11.8. The summed E-state index contributed by atoms with van der Waals surface area (Å²) in [7, 11) is 0. The number of rotatable bonds is 7. The molecule has 0 bridgehead atoms. The van der Waals surface area contributed by atoms with Gasteiger partial charge in [-0.05, 0) is 26.7 Å². The average molecular weight is 225 g/mol. The second kappa shape index (κ2) is 7.00. The number of aryl methyl sites for hydroxylation is 1. The standard InChI is InChI=1S/C11H19N3O2/c1-3-16-11-8-10(13-9(2)14-11)12-6-4-5-7-15/h8,15H,3-7H2,1-2H3,(H,12,13,14). The lowest BCUT2D eigenvalue weighted by molar-refractivity contribution is 0.286. The highest BCUT2D eigenvalue weighted by atomic mass is 16.5. The second-order valence-corrected chi connectivity index (χ2v) is 3.43. The summed E-state index contributed by atoms with van der Waals surface area (Å²) in [6.07, 6.45) is 1.72. The minimum Gasteiger partial charge on any atom is -0.478 e. The summed E-state index contributed by atoms with van der Waals surface area (Å²) in [6, 6.07) is 1.79. The highest BCUT2D eigenvalue weighted by Crippen LogP contribution is 2.13. The van der Waals surface area contributed by atoms with E-state index < -0.39 is 0 Å². The topological polar surface area (TPSA) is 67.3 Å². The Hall–Kier alpha value is -1.36. The number of ether oxygens (including phenoxy) is 1. The quantitative estimate of drug-likeness (QED) is 0.686. The Balaban J connectivity index is 2.51. The predicted molar refractivity (Wildman–Crippen MR) is 62.7 cm³/mol. The minimum atomic E-state index is 0.231. The summed E-state index contributed by atoms with van der Waals surface area (Å²) >= 11 is 0. The van der Waals surface area contributed by atoms with Crippen LogP contribution in [0.4, 0.5) is 5.82 Å². The Morgan fingerprint density at radius 1 is 1.38 bits per heavy atom. The molecule has 0 aliphatic carbocycles. The molecule has 1 aromatic rings. The van der Waals surface area contributed by atoms with Crippen LogP contribution >= 0.6 is 0 Å². The van der Waals surface area contributed by atoms with E-state index in [0.717, 1.165) is 25.2 Å². The van der Waals surface area contributed by atoms with Crippen LogP contribution in [0.5, 0.6) is 5.88 Å². The summed E-state index contributed by atoms with van der Waals surface area (Å²) in [6.45, 7) is 5.38. The van der Waals surface area contributed by atoms with Crippen molar-refractivity contribution in [2.24, 2.45) is 0 Å². The van der Waals surface area contributed by atoms with E-state index in [1.54, 1.807) is 6.07 Å². The lowest BCUT2D eigenvalue weighted by Crippen LogP contribution is -2.06. The van der Waals surface area contributed by atoms with Crippen molar-refractivity contribution >= 4 is 5.82 Å². The predicted octanol–water partition coefficient (Wildman–Crippen LogP) is 1.37. The Bertz CT molecular complexity index is 318. The van der Waals surface area contributed by atoms with Gasteiger partial charge in [0, 0.05) is 19.2 Å². The van der Waals surface area contributed by atoms with Crippen molar-refractivity contribution in [3.63, 3.8) is 0 Å². The fraction of sp³-hybridized carbons (Fsp3) is 0.636. The molecule has 0 amide bonds. The summed E-state index contributed by atoms with van der Waals surface area (Å²) in [4.78, 5) is 8.40. The monoisotopic (exact) mass is 225 g/mol. The largest absolute Gasteiger partial charge is 0.478 e. The molecule has 0 aliphatic heterocycles. The zero-order valence-electron chi connectivity index (χ0n) is 9.86. The lowest BCUT2D eigenvalue weighted by atomic mass is 10.3. The molecule has 0 aliphatic rings. The van der Waals surface area contributed by atoms with Crippen LogP contribution in [0.3, 0.4) is 0 Å². The van der Waals surface area contributed by atoms with Gasteiger partial charge in [-0.3, -0.25) is 0 Å². The zero-order valence-corrected chi connectivity index (χ0v) is 9.86. The third-order valence-electron chi connectivity index (χ3n) is 2.00. The maximum atomic E-state index is 8.65. The summed E-state index contributed by atoms with van der Waals surface area (Å²) in [5.41, 5.74) is 0. The van der Waals surface area contributed by atoms with E-state index >= 15 is 0 Å². The van der Waals surface area contributed by atoms with E-state index in [4.69, 9.17) is 9.84 Å². The van der Waals surface area contributed by atoms with Crippen molar-refractivity contribution in [1.29, 1.82) is 0 Å². The molecule has 1 rings (SSSR count). The molecule has 0 fully saturated rings. The third-order valence-corrected chi connectivity index (χ3v) is 2.00. The molecule has 0 spiro atoms. The zero-order chi connectivity index (χ0) is 11.8. The van der Waals surface area contributed by atoms with Gasteiger partial charge >= 0.3 is 0 Å². The fourth-order valence-corrected chi connectivity index (χ4v) is 1.31. The van der Waals surface area contributed by atoms with E-state index in [-0.39, 0.29) is 6.61 Å². The van der Waals surface area contributed by atoms with E-state index in [1.807, 2.05) is 13.8 Å². The van der Waals surface area contributed by atoms with Crippen molar-refractivity contribution in [2.75, 3.05) is 25.1 Å². The first-order valence-corrected chi connectivity index (χ1v) is 5.59. The average Bonchev–Trinajstić information content (AvgIpc) is 2.24. The molecule has 0 unspecified atom stereocenters. The van der Waals surface area contributed by atoms with Crippen LogP contribution < -0.4 is 10.1 Å². The van der Waals surface area contributed by atoms with Crippen molar-refractivity contribution < 1.29 is 9.84 Å². The van der Waals surface area contributed by atoms with E-state index in [1.165, 1.54) is 0 Å². The molecule has 5 nitrogen and oxygen atoms in total. The molecule has 0 saturated carbocycles. The van der Waals surface area contributed by atoms with E-state index in [9.17, 15) is 0 Å². The van der Waals surface area contributed by atoms with Crippen molar-refractivity contribution in [1.82, 2.24) is 9.97 Å². The third kappa shape index (κ3) is 4.44. The molecular weight excluding hydrogens is 206 g/mol. The van der Waals surface area contributed by atoms with Crippen LogP contribution in [-0.2, 0) is 0 Å². The number of hydrogen-bond acceptors (Lipinski definition) is 5. The molecule has 0 radical (unpaired) electrons. The highest BCUT2D eigenvalue weighted by Gasteiger charge is 2.01. The van der Waals surface area contributed by atoms with Gasteiger partial charge in [-0.25, -0.2) is 4.98 Å². The van der Waals surface area contributed by atoms with Crippen molar-refractivity contribution in [2.45, 2.75) is 26.7 Å². The lowest BCUT2D eigenvalue weighted by Gasteiger charge is -2.08. The molecule has 1 aromatic heterocycles. The van der Waals surface area contributed by atoms with Gasteiger partial charge in [-0.2, -0.15) is 4.98 Å². The number of aliphatic hydroxyl groups is 1. The molecule has 1 heterocycles. The van der Waals surface area contributed by atoms with Gasteiger partial charge in [0.15, 0.2) is 0 Å². The molecule has 0 saturated heterocycles. The number of hydrogen-bond donors (Lipinski definition) is 2. The summed E-state index contributed by atoms with van der Waals surface area (Å²) < 4.78 is 5.32. The molecule has 0 aromatic carbocycles. The molecule has 90 valence electrons. The second-order valence-electron chi connectivity index (χ2n) is 3.43. The van der Waals surface area contributed by atoms with Gasteiger partial charge in [0.1, 0.15) is 11.6 Å². The van der Waals surface area contributed by atoms with Gasteiger partial charge in [0.05, 0.1) is 6.61 Å². The Morgan fingerprint density at radius 3 is 2.88 bits per heavy atom.